The highest BCUT2D eigenvalue weighted by Crippen LogP contribution is 2.32. The molecule has 38 valence electrons. The monoisotopic (exact) mass is 184 g/mol. The van der Waals surface area contributed by atoms with E-state index in [9.17, 15) is 0 Å². The molecule has 0 aliphatic rings. The van der Waals surface area contributed by atoms with Crippen LogP contribution in [0.25, 0.3) is 0 Å². The molecule has 0 amide bonds. The molecule has 0 aromatic heterocycles. The third kappa shape index (κ3) is 5.13. The van der Waals surface area contributed by atoms with E-state index < -0.39 is 7.74 Å². The van der Waals surface area contributed by atoms with Crippen LogP contribution in [0.2, 0.25) is 19.6 Å². The molecule has 0 saturated carbocycles. The Labute approximate surface area is 50.1 Å². The molecule has 0 fully saturated rings. The fourth-order valence-corrected chi connectivity index (χ4v) is 0. The summed E-state index contributed by atoms with van der Waals surface area (Å²) in [5.74, 6) is 0. The van der Waals surface area contributed by atoms with Crippen LogP contribution in [0.15, 0.2) is 0 Å². The van der Waals surface area contributed by atoms with Gasteiger partial charge in [-0.15, -0.1) is 0 Å². The molecule has 0 aliphatic heterocycles. The first kappa shape index (κ1) is 7.13. The molecule has 0 aromatic carbocycles. The third-order valence-corrected chi connectivity index (χ3v) is 13.3. The van der Waals surface area contributed by atoms with Crippen molar-refractivity contribution >= 4 is 30.1 Å². The predicted molar refractivity (Wildman–Crippen MR) is 40.6 cm³/mol. The predicted octanol–water partition coefficient (Wildman–Crippen LogP) is 2.81. The first-order valence-electron chi connectivity index (χ1n) is 1.94. The summed E-state index contributed by atoms with van der Waals surface area (Å²) >= 11 is 3.46. The maximum absolute atomic E-state index is 3.46. The van der Waals surface area contributed by atoms with Gasteiger partial charge in [-0.1, -0.05) is 42.0 Å². The Hall–Kier alpha value is 1.13. The van der Waals surface area contributed by atoms with E-state index in [4.69, 9.17) is 0 Å². The number of hydrogen-bond donors (Lipinski definition) is 0. The van der Waals surface area contributed by atoms with Gasteiger partial charge in [-0.3, -0.25) is 0 Å². The van der Waals surface area contributed by atoms with Gasteiger partial charge in [0.15, 0.2) is 0 Å². The Morgan fingerprint density at radius 2 is 1.50 bits per heavy atom. The van der Waals surface area contributed by atoms with E-state index in [0.717, 1.165) is 6.83 Å². The lowest BCUT2D eigenvalue weighted by Gasteiger charge is -2.07. The summed E-state index contributed by atoms with van der Waals surface area (Å²) in [6, 6.07) is 0. The van der Waals surface area contributed by atoms with Crippen LogP contribution >= 0.6 is 22.3 Å². The zero-order valence-corrected chi connectivity index (χ0v) is 7.96. The molecule has 6 heavy (non-hydrogen) atoms. The minimum atomic E-state index is -0.687. The van der Waals surface area contributed by atoms with Crippen molar-refractivity contribution in [3.05, 3.63) is 0 Å². The second kappa shape index (κ2) is 2.44. The fraction of sp³-hybridized carbons (Fsp3) is 1.00. The van der Waals surface area contributed by atoms with Gasteiger partial charge in [0, 0.05) is 0 Å². The van der Waals surface area contributed by atoms with Gasteiger partial charge in [-0.2, -0.15) is 0 Å². The Morgan fingerprint density at radius 3 is 1.50 bits per heavy atom. The maximum Gasteiger partial charge on any atom is 0.0814 e. The van der Waals surface area contributed by atoms with Gasteiger partial charge in [0.2, 0.25) is 0 Å². The topological polar surface area (TPSA) is 0 Å². The molecule has 0 bridgehead atoms. The van der Waals surface area contributed by atoms with Crippen LogP contribution in [-0.4, -0.2) is 7.74 Å². The van der Waals surface area contributed by atoms with Crippen LogP contribution in [-0.2, 0) is 0 Å². The molecular formula is C3H10BrPSi. The van der Waals surface area contributed by atoms with Gasteiger partial charge >= 0.3 is 0 Å². The molecule has 0 saturated heterocycles. The summed E-state index contributed by atoms with van der Waals surface area (Å²) < 4.78 is 0. The molecule has 0 N–H and O–H groups in total. The van der Waals surface area contributed by atoms with Gasteiger partial charge in [0.05, 0.1) is 7.74 Å². The highest BCUT2D eigenvalue weighted by molar-refractivity contribution is 9.39. The fourth-order valence-electron chi connectivity index (χ4n) is 0. The summed E-state index contributed by atoms with van der Waals surface area (Å²) in [6.45, 7) is 8.06. The minimum absolute atomic E-state index is 0.687. The van der Waals surface area contributed by atoms with Crippen molar-refractivity contribution in [3.8, 4) is 0 Å². The number of rotatable bonds is 1. The summed E-state index contributed by atoms with van der Waals surface area (Å²) in [6.07, 6.45) is 0. The number of halogens is 1. The minimum Gasteiger partial charge on any atom is -0.0691 e. The van der Waals surface area contributed by atoms with E-state index in [1.165, 1.54) is 0 Å². The van der Waals surface area contributed by atoms with Crippen LogP contribution in [0, 0.1) is 0 Å². The van der Waals surface area contributed by atoms with E-state index in [1.54, 1.807) is 0 Å². The Kier molecular flexibility index (Phi) is 2.90. The molecule has 0 heterocycles. The van der Waals surface area contributed by atoms with Gasteiger partial charge in [-0.25, -0.2) is 0 Å². The van der Waals surface area contributed by atoms with Gasteiger partial charge < -0.3 is 0 Å². The van der Waals surface area contributed by atoms with Gasteiger partial charge in [-0.05, 0) is 0 Å². The molecule has 1 unspecified atom stereocenters. The molecule has 1 atom stereocenters. The highest BCUT2D eigenvalue weighted by atomic mass is 79.9. The number of hydrogen-bond acceptors (Lipinski definition) is 0. The van der Waals surface area contributed by atoms with Gasteiger partial charge in [0.1, 0.15) is 0 Å². The van der Waals surface area contributed by atoms with Crippen LogP contribution in [0.4, 0.5) is 0 Å². The van der Waals surface area contributed by atoms with Gasteiger partial charge in [0.25, 0.3) is 0 Å². The highest BCUT2D eigenvalue weighted by Gasteiger charge is 2.08. The molecule has 0 spiro atoms. The molecular weight excluding hydrogens is 175 g/mol. The zero-order chi connectivity index (χ0) is 5.21. The second-order valence-electron chi connectivity index (χ2n) is 2.34. The lowest BCUT2D eigenvalue weighted by Crippen LogP contribution is -2.07. The van der Waals surface area contributed by atoms with Crippen LogP contribution < -0.4 is 0 Å². The second-order valence-corrected chi connectivity index (χ2v) is 15.7. The summed E-state index contributed by atoms with van der Waals surface area (Å²) in [5, 5.41) is 0. The average molecular weight is 185 g/mol. The summed E-state index contributed by atoms with van der Waals surface area (Å²) in [5.41, 5.74) is 0. The van der Waals surface area contributed by atoms with E-state index in [0.29, 0.717) is 0 Å². The lowest BCUT2D eigenvalue weighted by molar-refractivity contribution is 1.88. The van der Waals surface area contributed by atoms with Crippen LogP contribution in [0.3, 0.4) is 0 Å². The van der Waals surface area contributed by atoms with Crippen LogP contribution in [0.1, 0.15) is 0 Å². The van der Waals surface area contributed by atoms with E-state index in [2.05, 4.69) is 35.1 Å². The molecule has 3 heteroatoms. The van der Waals surface area contributed by atoms with E-state index >= 15 is 0 Å². The normalized spacial score (nSPS) is 14.0. The smallest absolute Gasteiger partial charge is 0.0691 e. The zero-order valence-electron chi connectivity index (χ0n) is 4.38. The maximum atomic E-state index is 3.46. The average Bonchev–Trinajstić information content (AvgIpc) is 1.35. The lowest BCUT2D eigenvalue weighted by atomic mass is 11.8. The van der Waals surface area contributed by atoms with E-state index in [-0.39, 0.29) is 0 Å². The third-order valence-electron chi connectivity index (χ3n) is 0.283. The quantitative estimate of drug-likeness (QED) is 0.435. The Bertz CT molecular complexity index is 40.5. The molecule has 0 aliphatic carbocycles. The standard InChI is InChI=1S/C3H10BrPSi/c1-6(2,3)5-4/h5H,1-3H3. The van der Waals surface area contributed by atoms with Crippen LogP contribution in [0.5, 0.6) is 0 Å². The van der Waals surface area contributed by atoms with Crippen molar-refractivity contribution < 1.29 is 0 Å². The largest absolute Gasteiger partial charge is 0.0814 e. The summed E-state index contributed by atoms with van der Waals surface area (Å²) in [7, 11) is -0.687. The molecule has 0 radical (unpaired) electrons. The Morgan fingerprint density at radius 1 is 1.33 bits per heavy atom. The van der Waals surface area contributed by atoms with Crippen molar-refractivity contribution in [1.29, 1.82) is 0 Å². The molecule has 0 rings (SSSR count). The molecule has 0 nitrogen and oxygen atoms in total. The molecule has 0 aromatic rings. The van der Waals surface area contributed by atoms with Crippen molar-refractivity contribution in [3.63, 3.8) is 0 Å². The van der Waals surface area contributed by atoms with E-state index in [1.807, 2.05) is 0 Å². The summed E-state index contributed by atoms with van der Waals surface area (Å²) in [4.78, 5) is 0. The first-order chi connectivity index (χ1) is 2.56. The van der Waals surface area contributed by atoms with Crippen molar-refractivity contribution in [1.82, 2.24) is 0 Å². The Balaban J connectivity index is 3.17. The SMILES string of the molecule is C[Si](C)(C)PBr. The first-order valence-corrected chi connectivity index (χ1v) is 9.70. The van der Waals surface area contributed by atoms with Crippen molar-refractivity contribution in [2.45, 2.75) is 19.6 Å². The van der Waals surface area contributed by atoms with Crippen molar-refractivity contribution in [2.24, 2.45) is 0 Å². The van der Waals surface area contributed by atoms with Crippen molar-refractivity contribution in [2.75, 3.05) is 0 Å².